The molecule has 0 spiro atoms. The van der Waals surface area contributed by atoms with Crippen LogP contribution in [0.1, 0.15) is 30.7 Å². The molecule has 1 aromatic carbocycles. The van der Waals surface area contributed by atoms with Gasteiger partial charge in [-0.2, -0.15) is 0 Å². The fourth-order valence-electron chi connectivity index (χ4n) is 4.38. The predicted octanol–water partition coefficient (Wildman–Crippen LogP) is 2.77. The average molecular weight is 550 g/mol. The highest BCUT2D eigenvalue weighted by Gasteiger charge is 2.42. The van der Waals surface area contributed by atoms with E-state index in [1.807, 2.05) is 4.90 Å². The molecule has 0 bridgehead atoms. The zero-order valence-corrected chi connectivity index (χ0v) is 20.4. The highest BCUT2D eigenvalue weighted by molar-refractivity contribution is 14.0. The lowest BCUT2D eigenvalue weighted by Gasteiger charge is -2.36. The Labute approximate surface area is 199 Å². The number of nitrogens with zero attached hydrogens (tertiary/aromatic N) is 4. The first-order valence-corrected chi connectivity index (χ1v) is 10.9. The number of nitrogens with one attached hydrogen (secondary N) is 1. The molecule has 9 heteroatoms. The minimum absolute atomic E-state index is 0. The lowest BCUT2D eigenvalue weighted by atomic mass is 10.1. The fraction of sp³-hybridized carbons (Fsp3) is 0.619. The topological polar surface area (TPSA) is 51.2 Å². The fourth-order valence-corrected chi connectivity index (χ4v) is 4.68. The van der Waals surface area contributed by atoms with E-state index in [1.165, 1.54) is 6.07 Å². The van der Waals surface area contributed by atoms with Crippen LogP contribution in [0.5, 0.6) is 0 Å². The number of rotatable bonds is 4. The lowest BCUT2D eigenvalue weighted by Crippen LogP contribution is -2.54. The van der Waals surface area contributed by atoms with Crippen molar-refractivity contribution in [2.24, 2.45) is 4.99 Å². The molecular formula is C21H30ClFIN5O. The van der Waals surface area contributed by atoms with Crippen LogP contribution in [0.25, 0.3) is 0 Å². The summed E-state index contributed by atoms with van der Waals surface area (Å²) in [7, 11) is 1.78. The van der Waals surface area contributed by atoms with Crippen molar-refractivity contribution in [3.63, 3.8) is 0 Å². The molecular weight excluding hydrogens is 520 g/mol. The number of piperazine rings is 1. The molecule has 6 nitrogen and oxygen atoms in total. The van der Waals surface area contributed by atoms with Crippen LogP contribution in [0.2, 0.25) is 5.02 Å². The summed E-state index contributed by atoms with van der Waals surface area (Å²) < 4.78 is 14.2. The molecule has 2 saturated heterocycles. The molecule has 3 aliphatic rings. The minimum atomic E-state index is -0.238. The van der Waals surface area contributed by atoms with Gasteiger partial charge < -0.3 is 15.1 Å². The molecule has 2 unspecified atom stereocenters. The highest BCUT2D eigenvalue weighted by atomic mass is 127. The largest absolute Gasteiger partial charge is 0.353 e. The molecule has 4 rings (SSSR count). The smallest absolute Gasteiger partial charge is 0.236 e. The third kappa shape index (κ3) is 5.37. The molecule has 1 amide bonds. The monoisotopic (exact) mass is 549 g/mol. The van der Waals surface area contributed by atoms with Crippen molar-refractivity contribution in [1.82, 2.24) is 20.0 Å². The van der Waals surface area contributed by atoms with Gasteiger partial charge in [0.25, 0.3) is 0 Å². The van der Waals surface area contributed by atoms with Crippen LogP contribution in [0.3, 0.4) is 0 Å². The van der Waals surface area contributed by atoms with Gasteiger partial charge in [0.05, 0.1) is 6.54 Å². The Hall–Kier alpha value is -1.13. The molecule has 2 aliphatic heterocycles. The molecule has 1 saturated carbocycles. The normalized spacial score (nSPS) is 24.6. The summed E-state index contributed by atoms with van der Waals surface area (Å²) >= 11 is 6.21. The van der Waals surface area contributed by atoms with E-state index in [0.29, 0.717) is 17.1 Å². The number of guanidine groups is 1. The van der Waals surface area contributed by atoms with E-state index < -0.39 is 0 Å². The van der Waals surface area contributed by atoms with Crippen LogP contribution in [-0.4, -0.2) is 85.5 Å². The van der Waals surface area contributed by atoms with Crippen molar-refractivity contribution in [2.45, 2.75) is 31.2 Å². The first-order chi connectivity index (χ1) is 14.1. The summed E-state index contributed by atoms with van der Waals surface area (Å²) in [6, 6.07) is 5.00. The number of halogens is 3. The van der Waals surface area contributed by atoms with Crippen LogP contribution < -0.4 is 5.32 Å². The van der Waals surface area contributed by atoms with E-state index in [4.69, 9.17) is 11.6 Å². The average Bonchev–Trinajstić information content (AvgIpc) is 3.23. The maximum absolute atomic E-state index is 14.2. The highest BCUT2D eigenvalue weighted by Crippen LogP contribution is 2.45. The Morgan fingerprint density at radius 2 is 1.87 bits per heavy atom. The number of carbonyl (C=O) groups is 1. The van der Waals surface area contributed by atoms with Gasteiger partial charge >= 0.3 is 0 Å². The van der Waals surface area contributed by atoms with Gasteiger partial charge in [0.2, 0.25) is 5.91 Å². The van der Waals surface area contributed by atoms with Crippen molar-refractivity contribution >= 4 is 47.4 Å². The van der Waals surface area contributed by atoms with Gasteiger partial charge in [0.15, 0.2) is 5.96 Å². The molecule has 0 aromatic heterocycles. The van der Waals surface area contributed by atoms with Crippen LogP contribution in [0, 0.1) is 5.82 Å². The Balaban J connectivity index is 0.00000256. The SMILES string of the molecule is CN=C(NC1CC1c1c(F)cccc1Cl)N1CCN(CC(=O)N2CCCC2)CC1.I. The van der Waals surface area contributed by atoms with E-state index in [2.05, 4.69) is 20.1 Å². The number of amides is 1. The van der Waals surface area contributed by atoms with E-state index in [9.17, 15) is 9.18 Å². The molecule has 166 valence electrons. The van der Waals surface area contributed by atoms with Crippen molar-refractivity contribution < 1.29 is 9.18 Å². The van der Waals surface area contributed by atoms with Crippen molar-refractivity contribution in [3.8, 4) is 0 Å². The number of hydrogen-bond donors (Lipinski definition) is 1. The Morgan fingerprint density at radius 1 is 1.17 bits per heavy atom. The minimum Gasteiger partial charge on any atom is -0.353 e. The third-order valence-electron chi connectivity index (χ3n) is 6.18. The van der Waals surface area contributed by atoms with Gasteiger partial charge in [-0.15, -0.1) is 24.0 Å². The van der Waals surface area contributed by atoms with Crippen molar-refractivity contribution in [1.29, 1.82) is 0 Å². The number of aliphatic imine (C=N–C) groups is 1. The molecule has 1 aromatic rings. The second-order valence-electron chi connectivity index (χ2n) is 8.13. The van der Waals surface area contributed by atoms with Gasteiger partial charge in [0, 0.05) is 68.9 Å². The van der Waals surface area contributed by atoms with E-state index in [1.54, 1.807) is 19.2 Å². The van der Waals surface area contributed by atoms with Crippen LogP contribution >= 0.6 is 35.6 Å². The molecule has 3 fully saturated rings. The van der Waals surface area contributed by atoms with E-state index in [0.717, 1.165) is 64.5 Å². The lowest BCUT2D eigenvalue weighted by molar-refractivity contribution is -0.131. The Morgan fingerprint density at radius 3 is 2.50 bits per heavy atom. The first-order valence-electron chi connectivity index (χ1n) is 10.5. The zero-order valence-electron chi connectivity index (χ0n) is 17.3. The zero-order chi connectivity index (χ0) is 20.4. The Kier molecular flexibility index (Phi) is 8.20. The van der Waals surface area contributed by atoms with Crippen LogP contribution in [0.4, 0.5) is 4.39 Å². The van der Waals surface area contributed by atoms with Crippen molar-refractivity contribution in [2.75, 3.05) is 52.9 Å². The second-order valence-corrected chi connectivity index (χ2v) is 8.53. The summed E-state index contributed by atoms with van der Waals surface area (Å²) in [6.45, 7) is 5.65. The Bertz CT molecular complexity index is 760. The van der Waals surface area contributed by atoms with E-state index in [-0.39, 0.29) is 47.7 Å². The van der Waals surface area contributed by atoms with Crippen LogP contribution in [0.15, 0.2) is 23.2 Å². The third-order valence-corrected chi connectivity index (χ3v) is 6.51. The molecule has 30 heavy (non-hydrogen) atoms. The predicted molar refractivity (Wildman–Crippen MR) is 128 cm³/mol. The van der Waals surface area contributed by atoms with Gasteiger partial charge in [-0.25, -0.2) is 4.39 Å². The number of benzene rings is 1. The van der Waals surface area contributed by atoms with Gasteiger partial charge in [-0.3, -0.25) is 14.7 Å². The summed E-state index contributed by atoms with van der Waals surface area (Å²) in [6.07, 6.45) is 3.10. The molecule has 2 atom stereocenters. The second kappa shape index (κ2) is 10.5. The maximum atomic E-state index is 14.2. The molecule has 1 aliphatic carbocycles. The number of hydrogen-bond acceptors (Lipinski definition) is 3. The summed E-state index contributed by atoms with van der Waals surface area (Å²) in [5.41, 5.74) is 0.604. The summed E-state index contributed by atoms with van der Waals surface area (Å²) in [5.74, 6) is 0.939. The molecule has 1 N–H and O–H groups in total. The standard InChI is InChI=1S/C21H29ClFN5O.HI/c1-24-21(25-18-13-15(18)20-16(22)5-4-6-17(20)23)28-11-9-26(10-12-28)14-19(29)27-7-2-3-8-27;/h4-6,15,18H,2-3,7-14H2,1H3,(H,24,25);1H. The van der Waals surface area contributed by atoms with Crippen molar-refractivity contribution in [3.05, 3.63) is 34.6 Å². The van der Waals surface area contributed by atoms with Gasteiger partial charge in [0.1, 0.15) is 5.82 Å². The van der Waals surface area contributed by atoms with Gasteiger partial charge in [-0.05, 0) is 31.4 Å². The summed E-state index contributed by atoms with van der Waals surface area (Å²) in [5, 5.41) is 3.96. The van der Waals surface area contributed by atoms with Gasteiger partial charge in [-0.1, -0.05) is 17.7 Å². The summed E-state index contributed by atoms with van der Waals surface area (Å²) in [4.78, 5) is 23.2. The van der Waals surface area contributed by atoms with Crippen LogP contribution in [-0.2, 0) is 4.79 Å². The van der Waals surface area contributed by atoms with E-state index >= 15 is 0 Å². The molecule has 2 heterocycles. The first kappa shape index (κ1) is 23.5. The number of likely N-dealkylation sites (tertiary alicyclic amines) is 1. The quantitative estimate of drug-likeness (QED) is 0.357. The number of carbonyl (C=O) groups excluding carboxylic acids is 1. The maximum Gasteiger partial charge on any atom is 0.236 e. The molecule has 0 radical (unpaired) electrons.